The highest BCUT2D eigenvalue weighted by Gasteiger charge is 2.30. The number of aromatic nitrogens is 3. The molecule has 1 aliphatic heterocycles. The molecule has 2 aliphatic rings. The van der Waals surface area contributed by atoms with Gasteiger partial charge in [0.1, 0.15) is 23.2 Å². The molecular formula is C34H46N10O5S. The summed E-state index contributed by atoms with van der Waals surface area (Å²) in [4.78, 5) is 15.4. The first-order valence-corrected chi connectivity index (χ1v) is 18.6. The minimum Gasteiger partial charge on any atom is -0.484 e. The lowest BCUT2D eigenvalue weighted by Crippen LogP contribution is -2.47. The van der Waals surface area contributed by atoms with Crippen LogP contribution in [0.2, 0.25) is 0 Å². The third kappa shape index (κ3) is 9.59. The molecule has 5 rings (SSSR count). The summed E-state index contributed by atoms with van der Waals surface area (Å²) in [6.45, 7) is 4.88. The van der Waals surface area contributed by atoms with Crippen molar-refractivity contribution in [3.05, 3.63) is 83.5 Å². The molecule has 1 saturated heterocycles. The number of urea groups is 1. The zero-order chi connectivity index (χ0) is 35.8. The average molecular weight is 707 g/mol. The van der Waals surface area contributed by atoms with E-state index in [2.05, 4.69) is 28.0 Å². The van der Waals surface area contributed by atoms with Gasteiger partial charge in [-0.1, -0.05) is 31.2 Å². The Morgan fingerprint density at radius 2 is 1.86 bits per heavy atom. The molecule has 1 aliphatic carbocycles. The second-order valence-electron chi connectivity index (χ2n) is 12.5. The number of pyridine rings is 1. The molecule has 0 saturated carbocycles. The Hall–Kier alpha value is -4.96. The smallest absolute Gasteiger partial charge is 0.320 e. The first-order valence-electron chi connectivity index (χ1n) is 16.8. The van der Waals surface area contributed by atoms with Crippen LogP contribution >= 0.6 is 0 Å². The molecule has 50 heavy (non-hydrogen) atoms. The zero-order valence-corrected chi connectivity index (χ0v) is 29.4. The summed E-state index contributed by atoms with van der Waals surface area (Å²) in [7, 11) is -3.56. The lowest BCUT2D eigenvalue weighted by atomic mass is 9.85. The van der Waals surface area contributed by atoms with Gasteiger partial charge in [0.2, 0.25) is 5.96 Å². The van der Waals surface area contributed by atoms with E-state index < -0.39 is 16.1 Å². The van der Waals surface area contributed by atoms with Crippen LogP contribution in [0.4, 0.5) is 10.5 Å². The quantitative estimate of drug-likeness (QED) is 0.0901. The van der Waals surface area contributed by atoms with Gasteiger partial charge >= 0.3 is 6.03 Å². The predicted molar refractivity (Wildman–Crippen MR) is 190 cm³/mol. The molecule has 6 N–H and O–H groups in total. The summed E-state index contributed by atoms with van der Waals surface area (Å²) in [6.07, 6.45) is 12.0. The van der Waals surface area contributed by atoms with E-state index in [1.54, 1.807) is 29.1 Å². The Morgan fingerprint density at radius 3 is 2.60 bits per heavy atom. The number of hydrogen-bond donors (Lipinski definition) is 6. The van der Waals surface area contributed by atoms with Crippen LogP contribution in [0.3, 0.4) is 0 Å². The summed E-state index contributed by atoms with van der Waals surface area (Å²) in [5.74, 6) is 1.11. The minimum absolute atomic E-state index is 0.0706. The van der Waals surface area contributed by atoms with Gasteiger partial charge in [0.25, 0.3) is 10.1 Å². The van der Waals surface area contributed by atoms with Gasteiger partial charge in [-0.25, -0.2) is 4.79 Å². The number of anilines is 1. The van der Waals surface area contributed by atoms with E-state index in [9.17, 15) is 13.2 Å². The lowest BCUT2D eigenvalue weighted by Gasteiger charge is -2.36. The number of carbonyl (C=O) groups excluding carboxylic acids is 1. The third-order valence-corrected chi connectivity index (χ3v) is 9.32. The van der Waals surface area contributed by atoms with E-state index in [-0.39, 0.29) is 48.6 Å². The molecule has 3 atom stereocenters. The topological polar surface area (TPSA) is 203 Å². The van der Waals surface area contributed by atoms with Gasteiger partial charge < -0.3 is 25.7 Å². The fraction of sp³-hybridized carbons (Fsp3) is 0.441. The first kappa shape index (κ1) is 36.3. The van der Waals surface area contributed by atoms with Crippen molar-refractivity contribution >= 4 is 33.5 Å². The Balaban J connectivity index is 1.25. The lowest BCUT2D eigenvalue weighted by molar-refractivity contribution is 0.170. The van der Waals surface area contributed by atoms with E-state index in [1.807, 2.05) is 36.1 Å². The molecule has 0 bridgehead atoms. The van der Waals surface area contributed by atoms with Crippen molar-refractivity contribution in [1.29, 1.82) is 16.2 Å². The van der Waals surface area contributed by atoms with E-state index in [0.717, 1.165) is 43.2 Å². The van der Waals surface area contributed by atoms with Crippen molar-refractivity contribution in [3.8, 4) is 5.75 Å². The van der Waals surface area contributed by atoms with E-state index in [1.165, 1.54) is 17.0 Å². The Labute approximate surface area is 292 Å². The number of rotatable bonds is 12. The monoisotopic (exact) mass is 706 g/mol. The van der Waals surface area contributed by atoms with Gasteiger partial charge in [0, 0.05) is 24.5 Å². The van der Waals surface area contributed by atoms with Gasteiger partial charge in [0.05, 0.1) is 43.5 Å². The molecule has 0 radical (unpaired) electrons. The normalized spacial score (nSPS) is 19.3. The van der Waals surface area contributed by atoms with E-state index >= 15 is 0 Å². The van der Waals surface area contributed by atoms with Crippen LogP contribution in [-0.2, 0) is 20.8 Å². The molecule has 1 unspecified atom stereocenters. The molecule has 15 nitrogen and oxygen atoms in total. The van der Waals surface area contributed by atoms with Gasteiger partial charge in [-0.05, 0) is 74.8 Å². The van der Waals surface area contributed by atoms with Crippen molar-refractivity contribution < 1.29 is 22.1 Å². The number of allylic oxidation sites excluding steroid dienone is 1. The number of nitrogens with one attached hydrogen (secondary N) is 6. The molecule has 1 aromatic carbocycles. The highest BCUT2D eigenvalue weighted by atomic mass is 32.2. The molecular weight excluding hydrogens is 661 g/mol. The Bertz CT molecular complexity index is 1900. The SMILES string of the molecule is CCC(=N)/C=C(/NC(=O)N[C@H]1CCC(Oc2ccc(=N)n(C(=N)N3CCCC[C@@H]3C)c2)c2ccccc21)Nc1cnn(CCOS(C)(=O)=O)c1. The molecule has 1 fully saturated rings. The molecule has 268 valence electrons. The first-order chi connectivity index (χ1) is 23.9. The largest absolute Gasteiger partial charge is 0.484 e. The zero-order valence-electron chi connectivity index (χ0n) is 28.6. The number of piperidine rings is 1. The van der Waals surface area contributed by atoms with Crippen LogP contribution in [-0.4, -0.2) is 70.8 Å². The standard InChI is InChI=1S/C34H46N10O5S/c1-4-24(35)19-32(39-25-20-38-42(21-25)17-18-48-50(3,46)47)41-34(45)40-29-13-14-30(28-11-6-5-10-27(28)29)49-26-12-15-31(36)44(22-26)33(37)43-16-8-7-9-23(43)2/h5-6,10-12,15,19-23,29-30,35-37,39H,4,7-9,13-14,16-18H2,1-3H3,(H2,40,41,45)/b32-19+,35-24?,36-31?,37-33?/t23-,29-,30?/m0/s1. The number of ether oxygens (including phenoxy) is 1. The summed E-state index contributed by atoms with van der Waals surface area (Å²) < 4.78 is 36.8. The molecule has 16 heteroatoms. The van der Waals surface area contributed by atoms with Crippen molar-refractivity contribution in [1.82, 2.24) is 29.9 Å². The van der Waals surface area contributed by atoms with Gasteiger partial charge in [0.15, 0.2) is 0 Å². The van der Waals surface area contributed by atoms with Crippen LogP contribution in [0.5, 0.6) is 5.75 Å². The van der Waals surface area contributed by atoms with Crippen LogP contribution in [0, 0.1) is 16.2 Å². The van der Waals surface area contributed by atoms with Crippen molar-refractivity contribution in [3.63, 3.8) is 0 Å². The second kappa shape index (κ2) is 16.2. The van der Waals surface area contributed by atoms with Crippen molar-refractivity contribution in [2.24, 2.45) is 0 Å². The summed E-state index contributed by atoms with van der Waals surface area (Å²) in [6, 6.07) is 10.7. The molecule has 3 heterocycles. The summed E-state index contributed by atoms with van der Waals surface area (Å²) in [5.41, 5.74) is 2.91. The molecule has 0 spiro atoms. The minimum atomic E-state index is -3.56. The number of nitrogens with zero attached hydrogens (tertiary/aromatic N) is 4. The van der Waals surface area contributed by atoms with E-state index in [4.69, 9.17) is 25.1 Å². The number of fused-ring (bicyclic) bond motifs is 1. The van der Waals surface area contributed by atoms with Crippen LogP contribution in [0.15, 0.2) is 66.9 Å². The van der Waals surface area contributed by atoms with Gasteiger partial charge in [-0.2, -0.15) is 13.5 Å². The van der Waals surface area contributed by atoms with Crippen molar-refractivity contribution in [2.75, 3.05) is 24.7 Å². The van der Waals surface area contributed by atoms with Crippen LogP contribution < -0.4 is 26.2 Å². The number of hydrogen-bond acceptors (Lipinski definition) is 10. The molecule has 2 amide bonds. The number of benzene rings is 1. The fourth-order valence-corrected chi connectivity index (χ4v) is 6.53. The van der Waals surface area contributed by atoms with E-state index in [0.29, 0.717) is 36.4 Å². The predicted octanol–water partition coefficient (Wildman–Crippen LogP) is 4.44. The maximum Gasteiger partial charge on any atom is 0.320 e. The number of carbonyl (C=O) groups is 1. The van der Waals surface area contributed by atoms with Crippen LogP contribution in [0.1, 0.15) is 75.6 Å². The Kier molecular flexibility index (Phi) is 11.7. The second-order valence-corrected chi connectivity index (χ2v) is 14.2. The van der Waals surface area contributed by atoms with Crippen molar-refractivity contribution in [2.45, 2.75) is 77.1 Å². The van der Waals surface area contributed by atoms with Crippen LogP contribution in [0.25, 0.3) is 0 Å². The summed E-state index contributed by atoms with van der Waals surface area (Å²) in [5, 5.41) is 38.7. The number of amides is 2. The summed E-state index contributed by atoms with van der Waals surface area (Å²) >= 11 is 0. The third-order valence-electron chi connectivity index (χ3n) is 8.72. The maximum atomic E-state index is 13.3. The highest BCUT2D eigenvalue weighted by Crippen LogP contribution is 2.38. The maximum absolute atomic E-state index is 13.3. The molecule has 3 aromatic rings. The fourth-order valence-electron chi connectivity index (χ4n) is 6.15. The highest BCUT2D eigenvalue weighted by molar-refractivity contribution is 7.85. The van der Waals surface area contributed by atoms with Gasteiger partial charge in [-0.15, -0.1) is 0 Å². The average Bonchev–Trinajstić information content (AvgIpc) is 3.52. The Morgan fingerprint density at radius 1 is 1.08 bits per heavy atom. The number of likely N-dealkylation sites (tertiary alicyclic amines) is 1. The molecule has 2 aromatic heterocycles. The van der Waals surface area contributed by atoms with Gasteiger partial charge in [-0.3, -0.25) is 29.6 Å².